The molecule has 1 atom stereocenters. The molecule has 1 aromatic rings. The Labute approximate surface area is 97.9 Å². The van der Waals surface area contributed by atoms with Crippen LogP contribution in [0.25, 0.3) is 0 Å². The zero-order valence-corrected chi connectivity index (χ0v) is 9.80. The summed E-state index contributed by atoms with van der Waals surface area (Å²) in [5.74, 6) is 1.97. The summed E-state index contributed by atoms with van der Waals surface area (Å²) in [7, 11) is -0.781. The van der Waals surface area contributed by atoms with E-state index in [0.29, 0.717) is 17.2 Å². The molecule has 1 heterocycles. The van der Waals surface area contributed by atoms with Gasteiger partial charge in [-0.1, -0.05) is 12.1 Å². The van der Waals surface area contributed by atoms with E-state index in [1.807, 2.05) is 12.1 Å². The Hall–Kier alpha value is -1.18. The van der Waals surface area contributed by atoms with Crippen molar-refractivity contribution in [2.75, 3.05) is 18.8 Å². The Kier molecular flexibility index (Phi) is 3.70. The molecule has 3 nitrogen and oxygen atoms in total. The number of benzene rings is 1. The van der Waals surface area contributed by atoms with Crippen molar-refractivity contribution >= 4 is 10.8 Å². The van der Waals surface area contributed by atoms with E-state index in [9.17, 15) is 4.21 Å². The van der Waals surface area contributed by atoms with Crippen LogP contribution in [0.3, 0.4) is 0 Å². The highest BCUT2D eigenvalue weighted by Crippen LogP contribution is 2.10. The molecule has 2 rings (SSSR count). The third-order valence-corrected chi connectivity index (χ3v) is 4.20. The summed E-state index contributed by atoms with van der Waals surface area (Å²) in [5.41, 5.74) is 1.70. The lowest BCUT2D eigenvalue weighted by molar-refractivity contribution is 0.382. The van der Waals surface area contributed by atoms with Gasteiger partial charge >= 0.3 is 0 Å². The molecule has 0 amide bonds. The molecule has 16 heavy (non-hydrogen) atoms. The summed E-state index contributed by atoms with van der Waals surface area (Å²) in [6.07, 6.45) is 0. The van der Waals surface area contributed by atoms with E-state index in [1.54, 1.807) is 12.1 Å². The molecule has 1 fully saturated rings. The second-order valence-corrected chi connectivity index (χ2v) is 5.59. The fourth-order valence-electron chi connectivity index (χ4n) is 1.65. The highest BCUT2D eigenvalue weighted by atomic mass is 32.2. The largest absolute Gasteiger partial charge is 0.316 e. The van der Waals surface area contributed by atoms with Gasteiger partial charge in [-0.15, -0.1) is 0 Å². The van der Waals surface area contributed by atoms with E-state index in [0.717, 1.165) is 24.4 Å². The highest BCUT2D eigenvalue weighted by Gasteiger charge is 2.19. The van der Waals surface area contributed by atoms with Crippen LogP contribution in [0, 0.1) is 17.2 Å². The van der Waals surface area contributed by atoms with Crippen molar-refractivity contribution in [2.24, 2.45) is 5.92 Å². The third kappa shape index (κ3) is 2.91. The monoisotopic (exact) mass is 234 g/mol. The van der Waals surface area contributed by atoms with Gasteiger partial charge in [0.2, 0.25) is 0 Å². The Bertz CT molecular complexity index is 418. The van der Waals surface area contributed by atoms with Gasteiger partial charge in [-0.2, -0.15) is 5.26 Å². The lowest BCUT2D eigenvalue weighted by Gasteiger charge is -2.26. The number of hydrogen-bond donors (Lipinski definition) is 1. The molecule has 0 aliphatic carbocycles. The predicted octanol–water partition coefficient (Wildman–Crippen LogP) is 1.03. The zero-order chi connectivity index (χ0) is 11.4. The topological polar surface area (TPSA) is 52.9 Å². The third-order valence-electron chi connectivity index (χ3n) is 2.70. The first-order valence-corrected chi connectivity index (χ1v) is 6.81. The van der Waals surface area contributed by atoms with Gasteiger partial charge in [0, 0.05) is 35.4 Å². The van der Waals surface area contributed by atoms with Gasteiger partial charge in [-0.25, -0.2) is 0 Å². The van der Waals surface area contributed by atoms with Crippen molar-refractivity contribution in [3.63, 3.8) is 0 Å². The Morgan fingerprint density at radius 3 is 2.56 bits per heavy atom. The predicted molar refractivity (Wildman–Crippen MR) is 64.2 cm³/mol. The van der Waals surface area contributed by atoms with Gasteiger partial charge in [0.25, 0.3) is 0 Å². The summed E-state index contributed by atoms with van der Waals surface area (Å²) in [6.45, 7) is 2.00. The molecule has 1 unspecified atom stereocenters. The van der Waals surface area contributed by atoms with Crippen molar-refractivity contribution in [1.29, 1.82) is 5.26 Å². The lowest BCUT2D eigenvalue weighted by atomic mass is 10.1. The maximum atomic E-state index is 11.8. The summed E-state index contributed by atoms with van der Waals surface area (Å²) in [6, 6.07) is 9.39. The van der Waals surface area contributed by atoms with Crippen LogP contribution in [-0.4, -0.2) is 23.1 Å². The quantitative estimate of drug-likeness (QED) is 0.846. The van der Waals surface area contributed by atoms with Gasteiger partial charge in [0.05, 0.1) is 11.6 Å². The van der Waals surface area contributed by atoms with Gasteiger partial charge < -0.3 is 5.32 Å². The molecule has 0 bridgehead atoms. The zero-order valence-electron chi connectivity index (χ0n) is 8.98. The first-order chi connectivity index (χ1) is 7.78. The molecule has 84 valence electrons. The van der Waals surface area contributed by atoms with Crippen LogP contribution >= 0.6 is 0 Å². The first kappa shape index (κ1) is 11.3. The SMILES string of the molecule is N#Cc1ccc(CS(=O)CC2CNC2)cc1. The van der Waals surface area contributed by atoms with Crippen LogP contribution in [0.4, 0.5) is 0 Å². The molecule has 1 N–H and O–H groups in total. The van der Waals surface area contributed by atoms with Crippen LogP contribution in [0.15, 0.2) is 24.3 Å². The molecular weight excluding hydrogens is 220 g/mol. The van der Waals surface area contributed by atoms with Crippen molar-refractivity contribution in [2.45, 2.75) is 5.75 Å². The standard InChI is InChI=1S/C12H14N2OS/c13-5-10-1-3-11(4-2-10)8-16(15)9-12-6-14-7-12/h1-4,12,14H,6-9H2. The second-order valence-electron chi connectivity index (χ2n) is 4.08. The number of nitrogens with one attached hydrogen (secondary N) is 1. The van der Waals surface area contributed by atoms with Crippen molar-refractivity contribution in [3.05, 3.63) is 35.4 Å². The molecule has 0 aromatic heterocycles. The van der Waals surface area contributed by atoms with Crippen molar-refractivity contribution in [3.8, 4) is 6.07 Å². The van der Waals surface area contributed by atoms with Crippen LogP contribution in [-0.2, 0) is 16.6 Å². The fourth-order valence-corrected chi connectivity index (χ4v) is 3.09. The summed E-state index contributed by atoms with van der Waals surface area (Å²) in [5, 5.41) is 11.8. The minimum absolute atomic E-state index is 0.583. The van der Waals surface area contributed by atoms with E-state index in [1.165, 1.54) is 0 Å². The van der Waals surface area contributed by atoms with E-state index < -0.39 is 10.8 Å². The Balaban J connectivity index is 1.87. The van der Waals surface area contributed by atoms with E-state index in [-0.39, 0.29) is 0 Å². The Morgan fingerprint density at radius 2 is 2.06 bits per heavy atom. The maximum absolute atomic E-state index is 11.8. The van der Waals surface area contributed by atoms with Crippen molar-refractivity contribution < 1.29 is 4.21 Å². The van der Waals surface area contributed by atoms with Crippen LogP contribution in [0.2, 0.25) is 0 Å². The maximum Gasteiger partial charge on any atom is 0.0991 e. The van der Waals surface area contributed by atoms with E-state index in [2.05, 4.69) is 11.4 Å². The average Bonchev–Trinajstić information content (AvgIpc) is 2.25. The molecular formula is C12H14N2OS. The minimum atomic E-state index is -0.781. The minimum Gasteiger partial charge on any atom is -0.316 e. The molecule has 4 heteroatoms. The number of hydrogen-bond acceptors (Lipinski definition) is 3. The fraction of sp³-hybridized carbons (Fsp3) is 0.417. The number of nitrogens with zero attached hydrogens (tertiary/aromatic N) is 1. The molecule has 0 saturated carbocycles. The molecule has 1 saturated heterocycles. The lowest BCUT2D eigenvalue weighted by Crippen LogP contribution is -2.44. The first-order valence-electron chi connectivity index (χ1n) is 5.32. The molecule has 0 spiro atoms. The molecule has 0 radical (unpaired) electrons. The molecule has 1 aliphatic heterocycles. The summed E-state index contributed by atoms with van der Waals surface area (Å²) in [4.78, 5) is 0. The van der Waals surface area contributed by atoms with Crippen LogP contribution in [0.5, 0.6) is 0 Å². The number of rotatable bonds is 4. The highest BCUT2D eigenvalue weighted by molar-refractivity contribution is 7.84. The van der Waals surface area contributed by atoms with Gasteiger partial charge in [-0.3, -0.25) is 4.21 Å². The molecule has 1 aromatic carbocycles. The Morgan fingerprint density at radius 1 is 1.38 bits per heavy atom. The smallest absolute Gasteiger partial charge is 0.0991 e. The molecule has 1 aliphatic rings. The normalized spacial score (nSPS) is 17.4. The number of nitriles is 1. The van der Waals surface area contributed by atoms with E-state index >= 15 is 0 Å². The van der Waals surface area contributed by atoms with Crippen LogP contribution in [0.1, 0.15) is 11.1 Å². The second kappa shape index (κ2) is 5.24. The van der Waals surface area contributed by atoms with E-state index in [4.69, 9.17) is 5.26 Å². The van der Waals surface area contributed by atoms with Crippen LogP contribution < -0.4 is 5.32 Å². The van der Waals surface area contributed by atoms with Gasteiger partial charge in [0.15, 0.2) is 0 Å². The summed E-state index contributed by atoms with van der Waals surface area (Å²) < 4.78 is 11.8. The summed E-state index contributed by atoms with van der Waals surface area (Å²) >= 11 is 0. The average molecular weight is 234 g/mol. The van der Waals surface area contributed by atoms with Gasteiger partial charge in [0.1, 0.15) is 0 Å². The van der Waals surface area contributed by atoms with Crippen molar-refractivity contribution in [1.82, 2.24) is 5.32 Å². The van der Waals surface area contributed by atoms with Gasteiger partial charge in [-0.05, 0) is 23.6 Å².